The van der Waals surface area contributed by atoms with E-state index in [0.29, 0.717) is 11.4 Å². The molecule has 18 heavy (non-hydrogen) atoms. The predicted molar refractivity (Wildman–Crippen MR) is 68.0 cm³/mol. The molecule has 0 unspecified atom stereocenters. The Bertz CT molecular complexity index is 441. The first-order chi connectivity index (χ1) is 8.79. The van der Waals surface area contributed by atoms with Crippen LogP contribution >= 0.6 is 0 Å². The van der Waals surface area contributed by atoms with Gasteiger partial charge in [0.25, 0.3) is 0 Å². The number of nitrogens with zero attached hydrogens (tertiary/aromatic N) is 3. The molecule has 0 spiro atoms. The highest BCUT2D eigenvalue weighted by atomic mass is 16.2. The monoisotopic (exact) mass is 244 g/mol. The van der Waals surface area contributed by atoms with Crippen LogP contribution in [0.5, 0.6) is 0 Å². The molecule has 1 aliphatic heterocycles. The molecule has 0 aromatic carbocycles. The fourth-order valence-electron chi connectivity index (χ4n) is 2.00. The van der Waals surface area contributed by atoms with E-state index in [1.807, 2.05) is 11.0 Å². The van der Waals surface area contributed by atoms with Crippen LogP contribution in [0.4, 0.5) is 10.6 Å². The summed E-state index contributed by atoms with van der Waals surface area (Å²) >= 11 is 0. The number of hydrogen-bond acceptors (Lipinski definition) is 3. The van der Waals surface area contributed by atoms with Gasteiger partial charge < -0.3 is 4.90 Å². The van der Waals surface area contributed by atoms with Gasteiger partial charge in [0.2, 0.25) is 0 Å². The largest absolute Gasteiger partial charge is 0.325 e. The number of pyridine rings is 1. The number of carbonyl (C=O) groups excluding carboxylic acids is 1. The lowest BCUT2D eigenvalue weighted by atomic mass is 10.2. The molecule has 1 aliphatic rings. The number of likely N-dealkylation sites (tertiary alicyclic amines) is 1. The molecule has 1 N–H and O–H groups in total. The van der Waals surface area contributed by atoms with Gasteiger partial charge in [-0.3, -0.25) is 5.32 Å². The molecule has 5 heteroatoms. The summed E-state index contributed by atoms with van der Waals surface area (Å²) in [7, 11) is 0. The first-order valence-corrected chi connectivity index (χ1v) is 6.21. The normalized spacial score (nSPS) is 15.6. The molecule has 2 amide bonds. The average Bonchev–Trinajstić information content (AvgIpc) is 2.68. The standard InChI is InChI=1S/C13H16N4O/c14-9-11-5-6-12(15-10-11)16-13(18)17-7-3-1-2-4-8-17/h5-6,10H,1-4,7-8H2,(H,15,16,18). The minimum atomic E-state index is -0.103. The van der Waals surface area contributed by atoms with Gasteiger partial charge in [-0.1, -0.05) is 12.8 Å². The number of anilines is 1. The van der Waals surface area contributed by atoms with Crippen molar-refractivity contribution in [2.75, 3.05) is 18.4 Å². The molecule has 2 rings (SSSR count). The van der Waals surface area contributed by atoms with E-state index in [1.165, 1.54) is 19.0 Å². The Morgan fingerprint density at radius 2 is 2.00 bits per heavy atom. The molecule has 5 nitrogen and oxygen atoms in total. The van der Waals surface area contributed by atoms with Gasteiger partial charge in [-0.2, -0.15) is 5.26 Å². The number of amides is 2. The molecular formula is C13H16N4O. The second-order valence-corrected chi connectivity index (χ2v) is 4.38. The lowest BCUT2D eigenvalue weighted by molar-refractivity contribution is 0.213. The first-order valence-electron chi connectivity index (χ1n) is 6.21. The van der Waals surface area contributed by atoms with Gasteiger partial charge in [0.05, 0.1) is 5.56 Å². The van der Waals surface area contributed by atoms with Crippen LogP contribution in [-0.2, 0) is 0 Å². The summed E-state index contributed by atoms with van der Waals surface area (Å²) in [6, 6.07) is 5.18. The lowest BCUT2D eigenvalue weighted by Gasteiger charge is -2.20. The summed E-state index contributed by atoms with van der Waals surface area (Å²) in [4.78, 5) is 17.8. The fourth-order valence-corrected chi connectivity index (χ4v) is 2.00. The zero-order chi connectivity index (χ0) is 12.8. The summed E-state index contributed by atoms with van der Waals surface area (Å²) in [5, 5.41) is 11.4. The van der Waals surface area contributed by atoms with E-state index in [2.05, 4.69) is 10.3 Å². The van der Waals surface area contributed by atoms with Crippen molar-refractivity contribution in [3.05, 3.63) is 23.9 Å². The Morgan fingerprint density at radius 3 is 2.56 bits per heavy atom. The van der Waals surface area contributed by atoms with Crippen molar-refractivity contribution in [2.45, 2.75) is 25.7 Å². The van der Waals surface area contributed by atoms with Crippen LogP contribution in [0.1, 0.15) is 31.2 Å². The van der Waals surface area contributed by atoms with Gasteiger partial charge in [0.15, 0.2) is 0 Å². The summed E-state index contributed by atoms with van der Waals surface area (Å²) in [5.41, 5.74) is 0.489. The summed E-state index contributed by atoms with van der Waals surface area (Å²) in [5.74, 6) is 0.489. The van der Waals surface area contributed by atoms with Gasteiger partial charge in [-0.05, 0) is 25.0 Å². The minimum absolute atomic E-state index is 0.103. The van der Waals surface area contributed by atoms with E-state index >= 15 is 0 Å². The van der Waals surface area contributed by atoms with Crippen LogP contribution in [0, 0.1) is 11.3 Å². The smallest absolute Gasteiger partial charge is 0.323 e. The van der Waals surface area contributed by atoms with E-state index in [4.69, 9.17) is 5.26 Å². The number of nitriles is 1. The van der Waals surface area contributed by atoms with Crippen molar-refractivity contribution < 1.29 is 4.79 Å². The molecule has 2 heterocycles. The third-order valence-corrected chi connectivity index (χ3v) is 3.02. The van der Waals surface area contributed by atoms with E-state index in [9.17, 15) is 4.79 Å². The number of carbonyl (C=O) groups is 1. The third-order valence-electron chi connectivity index (χ3n) is 3.02. The van der Waals surface area contributed by atoms with Crippen molar-refractivity contribution in [2.24, 2.45) is 0 Å². The number of aromatic nitrogens is 1. The number of hydrogen-bond donors (Lipinski definition) is 1. The second-order valence-electron chi connectivity index (χ2n) is 4.38. The third kappa shape index (κ3) is 3.20. The Morgan fingerprint density at radius 1 is 1.28 bits per heavy atom. The highest BCUT2D eigenvalue weighted by molar-refractivity contribution is 5.88. The van der Waals surface area contributed by atoms with Gasteiger partial charge >= 0.3 is 6.03 Å². The van der Waals surface area contributed by atoms with Gasteiger partial charge in [-0.25, -0.2) is 9.78 Å². The van der Waals surface area contributed by atoms with Crippen molar-refractivity contribution in [3.63, 3.8) is 0 Å². The summed E-state index contributed by atoms with van der Waals surface area (Å²) in [6.45, 7) is 1.62. The Hall–Kier alpha value is -2.09. The van der Waals surface area contributed by atoms with Crippen molar-refractivity contribution in [1.82, 2.24) is 9.88 Å². The molecular weight excluding hydrogens is 228 g/mol. The Balaban J connectivity index is 1.95. The molecule has 0 radical (unpaired) electrons. The highest BCUT2D eigenvalue weighted by Crippen LogP contribution is 2.11. The SMILES string of the molecule is N#Cc1ccc(NC(=O)N2CCCCCC2)nc1. The summed E-state index contributed by atoms with van der Waals surface area (Å²) < 4.78 is 0. The molecule has 0 saturated carbocycles. The van der Waals surface area contributed by atoms with Crippen molar-refractivity contribution in [1.29, 1.82) is 5.26 Å². The number of rotatable bonds is 1. The zero-order valence-electron chi connectivity index (χ0n) is 10.2. The Labute approximate surface area is 106 Å². The first kappa shape index (κ1) is 12.4. The quantitative estimate of drug-likeness (QED) is 0.824. The highest BCUT2D eigenvalue weighted by Gasteiger charge is 2.15. The fraction of sp³-hybridized carbons (Fsp3) is 0.462. The van der Waals surface area contributed by atoms with Gasteiger partial charge in [-0.15, -0.1) is 0 Å². The van der Waals surface area contributed by atoms with Crippen molar-refractivity contribution in [3.8, 4) is 6.07 Å². The number of nitrogens with one attached hydrogen (secondary N) is 1. The van der Waals surface area contributed by atoms with Crippen LogP contribution in [0.15, 0.2) is 18.3 Å². The van der Waals surface area contributed by atoms with Crippen LogP contribution in [-0.4, -0.2) is 29.0 Å². The maximum atomic E-state index is 12.0. The van der Waals surface area contributed by atoms with Crippen LogP contribution in [0.3, 0.4) is 0 Å². The topological polar surface area (TPSA) is 69.0 Å². The molecule has 94 valence electrons. The maximum Gasteiger partial charge on any atom is 0.323 e. The molecule has 1 aromatic heterocycles. The predicted octanol–water partition coefficient (Wildman–Crippen LogP) is 2.36. The van der Waals surface area contributed by atoms with E-state index < -0.39 is 0 Å². The van der Waals surface area contributed by atoms with Crippen molar-refractivity contribution >= 4 is 11.8 Å². The lowest BCUT2D eigenvalue weighted by Crippen LogP contribution is -2.35. The maximum absolute atomic E-state index is 12.0. The number of urea groups is 1. The Kier molecular flexibility index (Phi) is 4.13. The van der Waals surface area contributed by atoms with Gasteiger partial charge in [0, 0.05) is 19.3 Å². The molecule has 0 aliphatic carbocycles. The zero-order valence-corrected chi connectivity index (χ0v) is 10.2. The molecule has 0 atom stereocenters. The molecule has 1 saturated heterocycles. The van der Waals surface area contributed by atoms with Gasteiger partial charge in [0.1, 0.15) is 11.9 Å². The molecule has 1 fully saturated rings. The van der Waals surface area contributed by atoms with Crippen LogP contribution < -0.4 is 5.32 Å². The van der Waals surface area contributed by atoms with Crippen LogP contribution in [0.25, 0.3) is 0 Å². The van der Waals surface area contributed by atoms with E-state index in [-0.39, 0.29) is 6.03 Å². The average molecular weight is 244 g/mol. The minimum Gasteiger partial charge on any atom is -0.325 e. The second kappa shape index (κ2) is 6.01. The van der Waals surface area contributed by atoms with E-state index in [0.717, 1.165) is 25.9 Å². The van der Waals surface area contributed by atoms with E-state index in [1.54, 1.807) is 12.1 Å². The molecule has 0 bridgehead atoms. The van der Waals surface area contributed by atoms with Crippen LogP contribution in [0.2, 0.25) is 0 Å². The summed E-state index contributed by atoms with van der Waals surface area (Å²) in [6.07, 6.45) is 5.97. The molecule has 1 aromatic rings.